The van der Waals surface area contributed by atoms with Crippen molar-refractivity contribution in [3.05, 3.63) is 206 Å². The van der Waals surface area contributed by atoms with Gasteiger partial charge in [0, 0.05) is 39.5 Å². The first-order valence-corrected chi connectivity index (χ1v) is 19.2. The van der Waals surface area contributed by atoms with Gasteiger partial charge in [0.15, 0.2) is 5.58 Å². The van der Waals surface area contributed by atoms with E-state index in [4.69, 9.17) is 13.8 Å². The number of aromatic nitrogens is 1. The molecule has 0 saturated carbocycles. The lowest BCUT2D eigenvalue weighted by atomic mass is 9.97. The quantitative estimate of drug-likeness (QED) is 0.164. The molecule has 0 radical (unpaired) electrons. The molecule has 0 amide bonds. The van der Waals surface area contributed by atoms with E-state index in [1.165, 1.54) is 33.0 Å². The molecule has 0 spiro atoms. The first-order chi connectivity index (χ1) is 28.2. The summed E-state index contributed by atoms with van der Waals surface area (Å²) in [5.41, 5.74) is 14.3. The van der Waals surface area contributed by atoms with Crippen LogP contribution in [0.1, 0.15) is 0 Å². The van der Waals surface area contributed by atoms with Gasteiger partial charge in [0.1, 0.15) is 16.7 Å². The highest BCUT2D eigenvalue weighted by molar-refractivity contribution is 6.15. The molecule has 0 aliphatic carbocycles. The Kier molecular flexibility index (Phi) is 7.78. The molecule has 268 valence electrons. The Labute approximate surface area is 329 Å². The summed E-state index contributed by atoms with van der Waals surface area (Å²) < 4.78 is 12.6. The molecule has 2 heterocycles. The van der Waals surface area contributed by atoms with Gasteiger partial charge in [0.05, 0.1) is 0 Å². The van der Waals surface area contributed by atoms with Crippen LogP contribution in [0, 0.1) is 0 Å². The third kappa shape index (κ3) is 5.83. The predicted octanol–water partition coefficient (Wildman–Crippen LogP) is 15.0. The monoisotopic (exact) mass is 730 g/mol. The minimum Gasteiger partial charge on any atom is -0.456 e. The molecule has 0 aliphatic heterocycles. The van der Waals surface area contributed by atoms with Gasteiger partial charge in [0.2, 0.25) is 5.89 Å². The predicted molar refractivity (Wildman–Crippen MR) is 235 cm³/mol. The van der Waals surface area contributed by atoms with Crippen LogP contribution in [0.2, 0.25) is 0 Å². The molecule has 4 heteroatoms. The van der Waals surface area contributed by atoms with Gasteiger partial charge in [0.25, 0.3) is 0 Å². The van der Waals surface area contributed by atoms with Crippen LogP contribution in [0.15, 0.2) is 215 Å². The maximum absolute atomic E-state index is 6.43. The van der Waals surface area contributed by atoms with Crippen molar-refractivity contribution in [2.75, 3.05) is 4.90 Å². The molecule has 0 fully saturated rings. The van der Waals surface area contributed by atoms with Crippen molar-refractivity contribution in [1.82, 2.24) is 4.98 Å². The highest BCUT2D eigenvalue weighted by atomic mass is 16.4. The largest absolute Gasteiger partial charge is 0.456 e. The summed E-state index contributed by atoms with van der Waals surface area (Å²) in [5, 5.41) is 4.56. The van der Waals surface area contributed by atoms with Crippen LogP contribution in [-0.4, -0.2) is 4.98 Å². The molecular formula is C53H34N2O2. The molecule has 0 saturated heterocycles. The maximum atomic E-state index is 6.43. The van der Waals surface area contributed by atoms with Crippen molar-refractivity contribution < 1.29 is 8.83 Å². The summed E-state index contributed by atoms with van der Waals surface area (Å²) in [5.74, 6) is 0.598. The van der Waals surface area contributed by atoms with Gasteiger partial charge in [-0.3, -0.25) is 0 Å². The minimum absolute atomic E-state index is 0.598. The van der Waals surface area contributed by atoms with Gasteiger partial charge in [-0.2, -0.15) is 0 Å². The second kappa shape index (κ2) is 13.6. The highest BCUT2D eigenvalue weighted by Gasteiger charge is 2.18. The summed E-state index contributed by atoms with van der Waals surface area (Å²) >= 11 is 0. The molecule has 0 bridgehead atoms. The molecular weight excluding hydrogens is 697 g/mol. The summed E-state index contributed by atoms with van der Waals surface area (Å²) in [6, 6.07) is 72.5. The van der Waals surface area contributed by atoms with Crippen LogP contribution in [-0.2, 0) is 0 Å². The Morgan fingerprint density at radius 3 is 1.60 bits per heavy atom. The third-order valence-corrected chi connectivity index (χ3v) is 10.9. The zero-order chi connectivity index (χ0) is 37.7. The lowest BCUT2D eigenvalue weighted by Gasteiger charge is -2.26. The number of benzene rings is 9. The standard InChI is InChI=1S/C53H34N2O2/c1-3-11-35(12-4-1)36-21-27-41(28-22-36)55(42-29-23-38(24-30-42)45-18-9-16-37-13-7-8-17-44(37)45)43-31-25-39(26-32-43)46-19-10-20-49-52(46)47-33-48-51(34-50(47)56-49)57-53(54-48)40-14-5-2-6-15-40/h1-34H. The SMILES string of the molecule is c1ccc(-c2ccc(N(c3ccc(-c4cccc5ccccc45)cc3)c3ccc(-c4cccc5oc6cc7oc(-c8ccccc8)nc7cc6c45)cc3)cc2)cc1. The number of anilines is 3. The fourth-order valence-electron chi connectivity index (χ4n) is 8.13. The number of nitrogens with zero attached hydrogens (tertiary/aromatic N) is 2. The van der Waals surface area contributed by atoms with Crippen molar-refractivity contribution in [2.45, 2.75) is 0 Å². The smallest absolute Gasteiger partial charge is 0.227 e. The van der Waals surface area contributed by atoms with Crippen LogP contribution in [0.5, 0.6) is 0 Å². The minimum atomic E-state index is 0.598. The van der Waals surface area contributed by atoms with Crippen LogP contribution in [0.3, 0.4) is 0 Å². The van der Waals surface area contributed by atoms with Crippen LogP contribution in [0.4, 0.5) is 17.1 Å². The summed E-state index contributed by atoms with van der Waals surface area (Å²) in [6.07, 6.45) is 0. The van der Waals surface area contributed by atoms with E-state index in [1.54, 1.807) is 0 Å². The number of furan rings is 1. The molecule has 11 rings (SSSR count). The van der Waals surface area contributed by atoms with Crippen molar-refractivity contribution in [2.24, 2.45) is 0 Å². The number of hydrogen-bond acceptors (Lipinski definition) is 4. The van der Waals surface area contributed by atoms with Crippen LogP contribution >= 0.6 is 0 Å². The van der Waals surface area contributed by atoms with Gasteiger partial charge in [-0.25, -0.2) is 4.98 Å². The number of oxazole rings is 1. The Morgan fingerprint density at radius 1 is 0.351 bits per heavy atom. The van der Waals surface area contributed by atoms with E-state index in [-0.39, 0.29) is 0 Å². The summed E-state index contributed by atoms with van der Waals surface area (Å²) in [4.78, 5) is 7.18. The van der Waals surface area contributed by atoms with Crippen molar-refractivity contribution >= 4 is 60.9 Å². The molecule has 57 heavy (non-hydrogen) atoms. The average Bonchev–Trinajstić information content (AvgIpc) is 3.87. The Morgan fingerprint density at radius 2 is 0.895 bits per heavy atom. The van der Waals surface area contributed by atoms with Crippen molar-refractivity contribution in [3.8, 4) is 44.8 Å². The third-order valence-electron chi connectivity index (χ3n) is 10.9. The van der Waals surface area contributed by atoms with E-state index < -0.39 is 0 Å². The Bertz CT molecular complexity index is 3200. The molecule has 0 atom stereocenters. The Balaban J connectivity index is 0.989. The van der Waals surface area contributed by atoms with E-state index in [0.29, 0.717) is 11.5 Å². The normalized spacial score (nSPS) is 11.5. The van der Waals surface area contributed by atoms with E-state index in [2.05, 4.69) is 169 Å². The molecule has 9 aromatic carbocycles. The molecule has 0 unspecified atom stereocenters. The van der Waals surface area contributed by atoms with Gasteiger partial charge in [-0.15, -0.1) is 0 Å². The van der Waals surface area contributed by atoms with Crippen molar-refractivity contribution in [3.63, 3.8) is 0 Å². The van der Waals surface area contributed by atoms with E-state index in [0.717, 1.165) is 61.2 Å². The van der Waals surface area contributed by atoms with E-state index in [1.807, 2.05) is 42.5 Å². The molecule has 11 aromatic rings. The fraction of sp³-hybridized carbons (Fsp3) is 0. The zero-order valence-electron chi connectivity index (χ0n) is 30.8. The van der Waals surface area contributed by atoms with Crippen LogP contribution < -0.4 is 4.90 Å². The number of rotatable bonds is 7. The summed E-state index contributed by atoms with van der Waals surface area (Å²) in [7, 11) is 0. The van der Waals surface area contributed by atoms with Gasteiger partial charge < -0.3 is 13.7 Å². The lowest BCUT2D eigenvalue weighted by molar-refractivity contribution is 0.617. The number of fused-ring (bicyclic) bond motifs is 5. The van der Waals surface area contributed by atoms with Gasteiger partial charge >= 0.3 is 0 Å². The molecule has 0 aliphatic rings. The molecule has 4 nitrogen and oxygen atoms in total. The fourth-order valence-corrected chi connectivity index (χ4v) is 8.13. The number of hydrogen-bond donors (Lipinski definition) is 0. The second-order valence-corrected chi connectivity index (χ2v) is 14.4. The molecule has 0 N–H and O–H groups in total. The zero-order valence-corrected chi connectivity index (χ0v) is 30.8. The van der Waals surface area contributed by atoms with Gasteiger partial charge in [-0.1, -0.05) is 140 Å². The first kappa shape index (κ1) is 32.7. The van der Waals surface area contributed by atoms with Crippen LogP contribution in [0.25, 0.3) is 88.6 Å². The van der Waals surface area contributed by atoms with Gasteiger partial charge in [-0.05, 0) is 105 Å². The first-order valence-electron chi connectivity index (χ1n) is 19.2. The summed E-state index contributed by atoms with van der Waals surface area (Å²) in [6.45, 7) is 0. The topological polar surface area (TPSA) is 42.4 Å². The van der Waals surface area contributed by atoms with E-state index >= 15 is 0 Å². The second-order valence-electron chi connectivity index (χ2n) is 14.4. The van der Waals surface area contributed by atoms with Crippen molar-refractivity contribution in [1.29, 1.82) is 0 Å². The maximum Gasteiger partial charge on any atom is 0.227 e. The highest BCUT2D eigenvalue weighted by Crippen LogP contribution is 2.42. The van der Waals surface area contributed by atoms with E-state index in [9.17, 15) is 0 Å². The molecule has 2 aromatic heterocycles. The Hall–Kier alpha value is -7.69. The lowest BCUT2D eigenvalue weighted by Crippen LogP contribution is -2.09. The average molecular weight is 731 g/mol.